The molecule has 1 rings (SSSR count). The molecule has 0 bridgehead atoms. The lowest BCUT2D eigenvalue weighted by atomic mass is 10.1. The largest absolute Gasteiger partial charge is 0.362 e. The van der Waals surface area contributed by atoms with E-state index in [0.29, 0.717) is 11.7 Å². The van der Waals surface area contributed by atoms with Gasteiger partial charge in [0.25, 0.3) is 5.82 Å². The Morgan fingerprint density at radius 1 is 1.64 bits per heavy atom. The van der Waals surface area contributed by atoms with Crippen LogP contribution in [0.2, 0.25) is 0 Å². The van der Waals surface area contributed by atoms with Crippen molar-refractivity contribution in [1.29, 1.82) is 0 Å². The molecule has 0 N–H and O–H groups in total. The van der Waals surface area contributed by atoms with Crippen molar-refractivity contribution >= 4 is 5.82 Å². The molecule has 0 spiro atoms. The second-order valence-electron chi connectivity index (χ2n) is 2.82. The average Bonchev–Trinajstić information content (AvgIpc) is 2.31. The fraction of sp³-hybridized carbons (Fsp3) is 0.500. The van der Waals surface area contributed by atoms with E-state index in [2.05, 4.69) is 23.8 Å². The fourth-order valence-corrected chi connectivity index (χ4v) is 0.866. The van der Waals surface area contributed by atoms with Gasteiger partial charge in [-0.15, -0.1) is 5.10 Å². The Balaban J connectivity index is 3.07. The van der Waals surface area contributed by atoms with Crippen LogP contribution in [0.25, 0.3) is 4.85 Å². The summed E-state index contributed by atoms with van der Waals surface area (Å²) in [7, 11) is 1.79. The lowest BCUT2D eigenvalue weighted by Gasteiger charge is -1.94. The van der Waals surface area contributed by atoms with Crippen LogP contribution in [0.5, 0.6) is 0 Å². The third-order valence-corrected chi connectivity index (χ3v) is 1.58. The van der Waals surface area contributed by atoms with Crippen LogP contribution in [-0.4, -0.2) is 9.78 Å². The maximum atomic E-state index is 6.80. The quantitative estimate of drug-likeness (QED) is 0.560. The first-order chi connectivity index (χ1) is 5.15. The van der Waals surface area contributed by atoms with Gasteiger partial charge < -0.3 is 4.85 Å². The zero-order valence-corrected chi connectivity index (χ0v) is 7.00. The van der Waals surface area contributed by atoms with Gasteiger partial charge in [0, 0.05) is 0 Å². The van der Waals surface area contributed by atoms with Crippen molar-refractivity contribution in [2.75, 3.05) is 0 Å². The lowest BCUT2D eigenvalue weighted by Crippen LogP contribution is -1.92. The van der Waals surface area contributed by atoms with E-state index in [-0.39, 0.29) is 0 Å². The third kappa shape index (κ3) is 1.40. The smallest absolute Gasteiger partial charge is 0.252 e. The molecule has 0 aliphatic carbocycles. The lowest BCUT2D eigenvalue weighted by molar-refractivity contribution is 0.720. The summed E-state index contributed by atoms with van der Waals surface area (Å²) < 4.78 is 1.61. The van der Waals surface area contributed by atoms with Crippen molar-refractivity contribution in [2.24, 2.45) is 7.05 Å². The topological polar surface area (TPSA) is 22.2 Å². The van der Waals surface area contributed by atoms with E-state index >= 15 is 0 Å². The minimum Gasteiger partial charge on any atom is -0.362 e. The molecule has 0 unspecified atom stereocenters. The van der Waals surface area contributed by atoms with Gasteiger partial charge in [-0.1, -0.05) is 20.4 Å². The number of hydrogen-bond donors (Lipinski definition) is 0. The number of aromatic nitrogens is 2. The van der Waals surface area contributed by atoms with E-state index < -0.39 is 0 Å². The van der Waals surface area contributed by atoms with Gasteiger partial charge in [-0.05, 0) is 12.0 Å². The summed E-state index contributed by atoms with van der Waals surface area (Å²) in [5, 5.41) is 4.18. The van der Waals surface area contributed by atoms with E-state index in [4.69, 9.17) is 6.57 Å². The zero-order chi connectivity index (χ0) is 8.43. The number of aryl methyl sites for hydroxylation is 1. The molecule has 0 atom stereocenters. The Hall–Kier alpha value is -1.30. The van der Waals surface area contributed by atoms with Crippen molar-refractivity contribution in [3.63, 3.8) is 0 Å². The van der Waals surface area contributed by atoms with Gasteiger partial charge in [-0.3, -0.25) is 0 Å². The van der Waals surface area contributed by atoms with E-state index in [1.54, 1.807) is 11.7 Å². The molecule has 0 aromatic carbocycles. The monoisotopic (exact) mass is 149 g/mol. The molecule has 0 fully saturated rings. The molecule has 58 valence electrons. The van der Waals surface area contributed by atoms with Gasteiger partial charge in [0.15, 0.2) is 0 Å². The molecular weight excluding hydrogens is 138 g/mol. The first-order valence-corrected chi connectivity index (χ1v) is 3.56. The van der Waals surface area contributed by atoms with Gasteiger partial charge in [0.2, 0.25) is 0 Å². The van der Waals surface area contributed by atoms with Crippen LogP contribution in [0.15, 0.2) is 6.07 Å². The third-order valence-electron chi connectivity index (χ3n) is 1.58. The van der Waals surface area contributed by atoms with E-state index in [1.807, 2.05) is 6.07 Å². The molecule has 3 heteroatoms. The van der Waals surface area contributed by atoms with Crippen LogP contribution in [0.4, 0.5) is 5.82 Å². The van der Waals surface area contributed by atoms with Crippen LogP contribution in [0.1, 0.15) is 25.5 Å². The first-order valence-electron chi connectivity index (χ1n) is 3.56. The highest BCUT2D eigenvalue weighted by Gasteiger charge is 2.07. The summed E-state index contributed by atoms with van der Waals surface area (Å²) in [5.41, 5.74) is 0.985. The molecule has 1 aromatic heterocycles. The summed E-state index contributed by atoms with van der Waals surface area (Å²) >= 11 is 0. The van der Waals surface area contributed by atoms with Gasteiger partial charge >= 0.3 is 0 Å². The summed E-state index contributed by atoms with van der Waals surface area (Å²) in [6.45, 7) is 10.9. The highest BCUT2D eigenvalue weighted by molar-refractivity contribution is 5.38. The van der Waals surface area contributed by atoms with Crippen LogP contribution >= 0.6 is 0 Å². The van der Waals surface area contributed by atoms with E-state index in [1.165, 1.54) is 0 Å². The summed E-state index contributed by atoms with van der Waals surface area (Å²) in [4.78, 5) is 3.32. The molecule has 11 heavy (non-hydrogen) atoms. The highest BCUT2D eigenvalue weighted by Crippen LogP contribution is 2.18. The second-order valence-corrected chi connectivity index (χ2v) is 2.82. The van der Waals surface area contributed by atoms with Crippen molar-refractivity contribution < 1.29 is 0 Å². The number of hydrogen-bond acceptors (Lipinski definition) is 1. The molecule has 0 aliphatic heterocycles. The Bertz CT molecular complexity index is 291. The second kappa shape index (κ2) is 2.75. The molecule has 0 aliphatic rings. The first kappa shape index (κ1) is 7.80. The Morgan fingerprint density at radius 3 is 2.55 bits per heavy atom. The molecule has 0 saturated carbocycles. The summed E-state index contributed by atoms with van der Waals surface area (Å²) in [6, 6.07) is 1.83. The molecule has 0 amide bonds. The van der Waals surface area contributed by atoms with Crippen molar-refractivity contribution in [3.8, 4) is 0 Å². The number of rotatable bonds is 1. The molecule has 0 radical (unpaired) electrons. The van der Waals surface area contributed by atoms with Crippen LogP contribution in [0.3, 0.4) is 0 Å². The number of nitrogens with zero attached hydrogens (tertiary/aromatic N) is 3. The highest BCUT2D eigenvalue weighted by atomic mass is 15.3. The maximum Gasteiger partial charge on any atom is 0.252 e. The van der Waals surface area contributed by atoms with Gasteiger partial charge in [-0.2, -0.15) is 0 Å². The van der Waals surface area contributed by atoms with Crippen molar-refractivity contribution in [3.05, 3.63) is 23.2 Å². The van der Waals surface area contributed by atoms with Crippen LogP contribution in [-0.2, 0) is 7.05 Å². The van der Waals surface area contributed by atoms with Crippen LogP contribution in [0, 0.1) is 6.57 Å². The minimum atomic E-state index is 0.400. The predicted octanol–water partition coefficient (Wildman–Crippen LogP) is 2.09. The molecule has 1 aromatic rings. The van der Waals surface area contributed by atoms with Gasteiger partial charge in [-0.25, -0.2) is 4.68 Å². The Morgan fingerprint density at radius 2 is 2.27 bits per heavy atom. The molecule has 3 nitrogen and oxygen atoms in total. The normalized spacial score (nSPS) is 10.1. The minimum absolute atomic E-state index is 0.400. The zero-order valence-electron chi connectivity index (χ0n) is 7.00. The molecular formula is C8H11N3. The van der Waals surface area contributed by atoms with E-state index in [0.717, 1.165) is 5.69 Å². The Labute approximate surface area is 66.5 Å². The van der Waals surface area contributed by atoms with Crippen LogP contribution < -0.4 is 0 Å². The fourth-order valence-electron chi connectivity index (χ4n) is 0.866. The van der Waals surface area contributed by atoms with E-state index in [9.17, 15) is 0 Å². The summed E-state index contributed by atoms with van der Waals surface area (Å²) in [5.74, 6) is 1.01. The molecule has 0 saturated heterocycles. The SMILES string of the molecule is [C-]#[N+]c1cc(C(C)C)nn1C. The Kier molecular flexibility index (Phi) is 1.95. The standard InChI is InChI=1S/C8H11N3/c1-6(2)7-5-8(9-3)11(4)10-7/h5-6H,1-2,4H3. The van der Waals surface area contributed by atoms with Crippen molar-refractivity contribution in [2.45, 2.75) is 19.8 Å². The average molecular weight is 149 g/mol. The molecule has 1 heterocycles. The van der Waals surface area contributed by atoms with Crippen molar-refractivity contribution in [1.82, 2.24) is 9.78 Å². The van der Waals surface area contributed by atoms with Gasteiger partial charge in [0.05, 0.1) is 12.7 Å². The summed E-state index contributed by atoms with van der Waals surface area (Å²) in [6.07, 6.45) is 0. The van der Waals surface area contributed by atoms with Gasteiger partial charge in [0.1, 0.15) is 0 Å². The maximum absolute atomic E-state index is 6.80. The predicted molar refractivity (Wildman–Crippen MR) is 43.6 cm³/mol.